The second kappa shape index (κ2) is 8.32. The van der Waals surface area contributed by atoms with Crippen LogP contribution in [0.5, 0.6) is 0 Å². The number of aromatic amines is 1. The van der Waals surface area contributed by atoms with Crippen LogP contribution in [0, 0.1) is 5.92 Å². The molecule has 0 atom stereocenters. The predicted molar refractivity (Wildman–Crippen MR) is 97.7 cm³/mol. The average Bonchev–Trinajstić information content (AvgIpc) is 3.09. The van der Waals surface area contributed by atoms with Crippen molar-refractivity contribution in [3.63, 3.8) is 0 Å². The Morgan fingerprint density at radius 2 is 2.04 bits per heavy atom. The Hall–Kier alpha value is -1.40. The normalized spacial score (nSPS) is 21.4. The van der Waals surface area contributed by atoms with Crippen molar-refractivity contribution in [3.8, 4) is 0 Å². The number of morpholine rings is 1. The molecule has 0 spiro atoms. The summed E-state index contributed by atoms with van der Waals surface area (Å²) in [7, 11) is 0. The van der Waals surface area contributed by atoms with E-state index in [0.29, 0.717) is 18.2 Å². The lowest BCUT2D eigenvalue weighted by atomic mass is 9.79. The number of hydrogen-bond acceptors (Lipinski definition) is 4. The second-order valence-electron chi connectivity index (χ2n) is 7.94. The van der Waals surface area contributed by atoms with Crippen LogP contribution < -0.4 is 5.32 Å². The maximum Gasteiger partial charge on any atom is 0.271 e. The topological polar surface area (TPSA) is 70.2 Å². The fraction of sp³-hybridized carbons (Fsp3) is 0.789. The summed E-state index contributed by atoms with van der Waals surface area (Å²) in [4.78, 5) is 15.1. The Kier molecular flexibility index (Phi) is 6.12. The zero-order valence-corrected chi connectivity index (χ0v) is 15.6. The van der Waals surface area contributed by atoms with Gasteiger partial charge in [-0.3, -0.25) is 14.8 Å². The number of carbonyl (C=O) groups is 1. The first-order chi connectivity index (χ1) is 12.1. The highest BCUT2D eigenvalue weighted by molar-refractivity contribution is 5.92. The van der Waals surface area contributed by atoms with Crippen molar-refractivity contribution in [1.82, 2.24) is 20.4 Å². The molecule has 2 heterocycles. The Labute approximate surface area is 150 Å². The lowest BCUT2D eigenvalue weighted by Gasteiger charge is -2.48. The number of ether oxygens (including phenoxy) is 1. The van der Waals surface area contributed by atoms with E-state index in [9.17, 15) is 4.79 Å². The molecule has 2 fully saturated rings. The molecule has 6 heteroatoms. The molecule has 1 aromatic heterocycles. The summed E-state index contributed by atoms with van der Waals surface area (Å²) in [5.74, 6) is 0.479. The van der Waals surface area contributed by atoms with Gasteiger partial charge in [-0.15, -0.1) is 0 Å². The van der Waals surface area contributed by atoms with Gasteiger partial charge in [-0.05, 0) is 31.2 Å². The lowest BCUT2D eigenvalue weighted by molar-refractivity contribution is -0.0361. The Morgan fingerprint density at radius 1 is 1.32 bits per heavy atom. The molecular weight excluding hydrogens is 316 g/mol. The van der Waals surface area contributed by atoms with Gasteiger partial charge in [0.2, 0.25) is 0 Å². The summed E-state index contributed by atoms with van der Waals surface area (Å²) in [6.45, 7) is 8.57. The van der Waals surface area contributed by atoms with Crippen molar-refractivity contribution in [2.45, 2.75) is 57.9 Å². The molecule has 0 bridgehead atoms. The van der Waals surface area contributed by atoms with Crippen LogP contribution >= 0.6 is 0 Å². The van der Waals surface area contributed by atoms with E-state index in [2.05, 4.69) is 34.3 Å². The maximum atomic E-state index is 12.6. The van der Waals surface area contributed by atoms with Crippen LogP contribution in [-0.2, 0) is 11.2 Å². The van der Waals surface area contributed by atoms with Crippen LogP contribution in [0.15, 0.2) is 6.07 Å². The van der Waals surface area contributed by atoms with Crippen LogP contribution in [0.1, 0.15) is 62.1 Å². The second-order valence-corrected chi connectivity index (χ2v) is 7.94. The molecule has 3 rings (SSSR count). The van der Waals surface area contributed by atoms with Gasteiger partial charge in [0.25, 0.3) is 5.91 Å². The Morgan fingerprint density at radius 3 is 2.72 bits per heavy atom. The van der Waals surface area contributed by atoms with Crippen LogP contribution in [0.25, 0.3) is 0 Å². The molecule has 140 valence electrons. The summed E-state index contributed by atoms with van der Waals surface area (Å²) in [6, 6.07) is 1.89. The number of hydrogen-bond donors (Lipinski definition) is 2. The van der Waals surface area contributed by atoms with Crippen LogP contribution in [0.3, 0.4) is 0 Å². The molecular formula is C19H32N4O2. The van der Waals surface area contributed by atoms with Crippen molar-refractivity contribution in [3.05, 3.63) is 17.5 Å². The number of nitrogens with one attached hydrogen (secondary N) is 2. The molecule has 0 radical (unpaired) electrons. The highest BCUT2D eigenvalue weighted by Crippen LogP contribution is 2.33. The fourth-order valence-corrected chi connectivity index (χ4v) is 4.21. The largest absolute Gasteiger partial charge is 0.379 e. The fourth-order valence-electron chi connectivity index (χ4n) is 4.21. The van der Waals surface area contributed by atoms with Crippen molar-refractivity contribution in [2.75, 3.05) is 32.8 Å². The molecule has 1 aliphatic carbocycles. The first-order valence-corrected chi connectivity index (χ1v) is 9.74. The van der Waals surface area contributed by atoms with E-state index in [0.717, 1.165) is 51.3 Å². The minimum atomic E-state index is -0.0653. The van der Waals surface area contributed by atoms with E-state index in [4.69, 9.17) is 4.74 Å². The zero-order chi connectivity index (χ0) is 17.7. The summed E-state index contributed by atoms with van der Waals surface area (Å²) < 4.78 is 5.52. The summed E-state index contributed by atoms with van der Waals surface area (Å²) in [5, 5.41) is 10.4. The quantitative estimate of drug-likeness (QED) is 0.828. The Bertz CT molecular complexity index is 558. The minimum Gasteiger partial charge on any atom is -0.379 e. The van der Waals surface area contributed by atoms with Gasteiger partial charge in [-0.25, -0.2) is 0 Å². The monoisotopic (exact) mass is 348 g/mol. The van der Waals surface area contributed by atoms with E-state index in [-0.39, 0.29) is 11.4 Å². The van der Waals surface area contributed by atoms with Gasteiger partial charge in [0.1, 0.15) is 5.69 Å². The number of aromatic nitrogens is 2. The number of carbonyl (C=O) groups excluding carboxylic acids is 1. The van der Waals surface area contributed by atoms with Crippen molar-refractivity contribution < 1.29 is 9.53 Å². The van der Waals surface area contributed by atoms with E-state index in [1.54, 1.807) is 0 Å². The van der Waals surface area contributed by atoms with Gasteiger partial charge in [-0.2, -0.15) is 5.10 Å². The maximum absolute atomic E-state index is 12.6. The molecule has 25 heavy (non-hydrogen) atoms. The summed E-state index contributed by atoms with van der Waals surface area (Å²) >= 11 is 0. The number of nitrogens with zero attached hydrogens (tertiary/aromatic N) is 2. The highest BCUT2D eigenvalue weighted by Gasteiger charge is 2.38. The zero-order valence-electron chi connectivity index (χ0n) is 15.6. The van der Waals surface area contributed by atoms with Crippen molar-refractivity contribution in [2.24, 2.45) is 5.92 Å². The third kappa shape index (κ3) is 4.61. The minimum absolute atomic E-state index is 0.0653. The van der Waals surface area contributed by atoms with E-state index in [1.807, 2.05) is 6.07 Å². The molecule has 1 saturated carbocycles. The molecule has 1 amide bonds. The van der Waals surface area contributed by atoms with E-state index >= 15 is 0 Å². The first kappa shape index (κ1) is 18.4. The average molecular weight is 348 g/mol. The van der Waals surface area contributed by atoms with Crippen molar-refractivity contribution >= 4 is 5.91 Å². The van der Waals surface area contributed by atoms with Crippen LogP contribution in [0.2, 0.25) is 0 Å². The number of H-pyrrole nitrogens is 1. The third-order valence-corrected chi connectivity index (χ3v) is 5.54. The lowest BCUT2D eigenvalue weighted by Crippen LogP contribution is -2.59. The third-order valence-electron chi connectivity index (χ3n) is 5.54. The molecule has 1 aliphatic heterocycles. The Balaban J connectivity index is 1.62. The number of amides is 1. The molecule has 6 nitrogen and oxygen atoms in total. The van der Waals surface area contributed by atoms with Gasteiger partial charge in [0.15, 0.2) is 0 Å². The molecule has 1 saturated heterocycles. The summed E-state index contributed by atoms with van der Waals surface area (Å²) in [6.07, 6.45) is 7.02. The standard InChI is InChI=1S/C19H32N4O2/c1-15(2)12-16-13-17(22-21-16)18(24)20-14-19(6-4-3-5-7-19)23-8-10-25-11-9-23/h13,15H,3-12,14H2,1-2H3,(H,20,24)(H,21,22). The molecule has 0 unspecified atom stereocenters. The van der Waals surface area contributed by atoms with Crippen LogP contribution in [-0.4, -0.2) is 59.4 Å². The molecule has 0 aromatic carbocycles. The SMILES string of the molecule is CC(C)Cc1cc(C(=O)NCC2(N3CCOCC3)CCCCC2)n[nH]1. The smallest absolute Gasteiger partial charge is 0.271 e. The first-order valence-electron chi connectivity index (χ1n) is 9.74. The number of rotatable bonds is 6. The van der Waals surface area contributed by atoms with Gasteiger partial charge < -0.3 is 10.1 Å². The highest BCUT2D eigenvalue weighted by atomic mass is 16.5. The van der Waals surface area contributed by atoms with Gasteiger partial charge in [0.05, 0.1) is 13.2 Å². The van der Waals surface area contributed by atoms with Gasteiger partial charge in [0, 0.05) is 30.9 Å². The predicted octanol–water partition coefficient (Wildman–Crippen LogP) is 2.37. The molecule has 2 aliphatic rings. The van der Waals surface area contributed by atoms with Gasteiger partial charge in [-0.1, -0.05) is 33.1 Å². The molecule has 2 N–H and O–H groups in total. The van der Waals surface area contributed by atoms with E-state index < -0.39 is 0 Å². The van der Waals surface area contributed by atoms with Gasteiger partial charge >= 0.3 is 0 Å². The molecule has 1 aromatic rings. The van der Waals surface area contributed by atoms with E-state index in [1.165, 1.54) is 19.3 Å². The van der Waals surface area contributed by atoms with Crippen molar-refractivity contribution in [1.29, 1.82) is 0 Å². The van der Waals surface area contributed by atoms with Crippen LogP contribution in [0.4, 0.5) is 0 Å². The summed E-state index contributed by atoms with van der Waals surface area (Å²) in [5.41, 5.74) is 1.62.